The number of carbonyl (C=O) groups is 1. The average Bonchev–Trinajstić information content (AvgIpc) is 2.46. The van der Waals surface area contributed by atoms with Crippen molar-refractivity contribution in [2.45, 2.75) is 39.5 Å². The fourth-order valence-corrected chi connectivity index (χ4v) is 2.88. The first-order valence-electron chi connectivity index (χ1n) is 7.52. The molecular formula is C17H24O3. The number of hydrogen-bond acceptors (Lipinski definition) is 3. The first-order chi connectivity index (χ1) is 9.56. The quantitative estimate of drug-likeness (QED) is 0.845. The smallest absolute Gasteiger partial charge is 0.338 e. The predicted molar refractivity (Wildman–Crippen MR) is 78.7 cm³/mol. The summed E-state index contributed by atoms with van der Waals surface area (Å²) < 4.78 is 5.39. The molecule has 110 valence electrons. The third-order valence-electron chi connectivity index (χ3n) is 4.45. The lowest BCUT2D eigenvalue weighted by Crippen LogP contribution is -2.23. The van der Waals surface area contributed by atoms with Gasteiger partial charge in [-0.2, -0.15) is 0 Å². The fraction of sp³-hybridized carbons (Fsp3) is 0.588. The average molecular weight is 276 g/mol. The van der Waals surface area contributed by atoms with Crippen molar-refractivity contribution in [2.24, 2.45) is 17.8 Å². The van der Waals surface area contributed by atoms with Crippen molar-refractivity contribution >= 4 is 5.97 Å². The number of esters is 1. The Morgan fingerprint density at radius 2 is 1.85 bits per heavy atom. The topological polar surface area (TPSA) is 46.5 Å². The molecule has 0 heterocycles. The van der Waals surface area contributed by atoms with Crippen LogP contribution < -0.4 is 0 Å². The molecule has 0 aromatic heterocycles. The lowest BCUT2D eigenvalue weighted by Gasteiger charge is -2.30. The van der Waals surface area contributed by atoms with Crippen LogP contribution in [-0.2, 0) is 4.74 Å². The molecule has 1 aromatic rings. The Morgan fingerprint density at radius 1 is 1.25 bits per heavy atom. The van der Waals surface area contributed by atoms with Crippen molar-refractivity contribution in [1.82, 2.24) is 0 Å². The Hall–Kier alpha value is -1.51. The number of benzene rings is 1. The highest BCUT2D eigenvalue weighted by Crippen LogP contribution is 2.33. The maximum Gasteiger partial charge on any atom is 0.338 e. The standard InChI is InChI=1S/C17H24O3/c1-12-3-5-14(6-4-12)13(2)11-20-17(19)15-7-9-16(18)10-8-15/h7-10,12-14,18H,3-6,11H2,1-2H3. The molecule has 1 fully saturated rings. The molecule has 1 saturated carbocycles. The maximum absolute atomic E-state index is 11.9. The number of phenolic OH excluding ortho intramolecular Hbond substituents is 1. The van der Waals surface area contributed by atoms with Gasteiger partial charge in [-0.25, -0.2) is 4.79 Å². The summed E-state index contributed by atoms with van der Waals surface area (Å²) in [6, 6.07) is 6.18. The van der Waals surface area contributed by atoms with Gasteiger partial charge < -0.3 is 9.84 Å². The maximum atomic E-state index is 11.9. The second-order valence-electron chi connectivity index (χ2n) is 6.14. The lowest BCUT2D eigenvalue weighted by atomic mass is 9.77. The zero-order valence-electron chi connectivity index (χ0n) is 12.3. The van der Waals surface area contributed by atoms with Crippen LogP contribution in [0.15, 0.2) is 24.3 Å². The van der Waals surface area contributed by atoms with Gasteiger partial charge in [-0.05, 0) is 54.9 Å². The van der Waals surface area contributed by atoms with Gasteiger partial charge in [0.2, 0.25) is 0 Å². The van der Waals surface area contributed by atoms with Crippen LogP contribution in [0, 0.1) is 17.8 Å². The molecule has 3 nitrogen and oxygen atoms in total. The normalized spacial score (nSPS) is 24.1. The zero-order chi connectivity index (χ0) is 14.5. The minimum absolute atomic E-state index is 0.159. The van der Waals surface area contributed by atoms with Gasteiger partial charge in [0.25, 0.3) is 0 Å². The number of carbonyl (C=O) groups excluding carboxylic acids is 1. The summed E-state index contributed by atoms with van der Waals surface area (Å²) in [5.41, 5.74) is 0.493. The second kappa shape index (κ2) is 6.78. The molecule has 3 heteroatoms. The predicted octanol–water partition coefficient (Wildman–Crippen LogP) is 4.01. The Balaban J connectivity index is 1.79. The van der Waals surface area contributed by atoms with Crippen LogP contribution in [0.25, 0.3) is 0 Å². The summed E-state index contributed by atoms with van der Waals surface area (Å²) in [4.78, 5) is 11.9. The molecule has 20 heavy (non-hydrogen) atoms. The molecule has 0 aliphatic heterocycles. The van der Waals surface area contributed by atoms with E-state index < -0.39 is 0 Å². The number of rotatable bonds is 4. The molecule has 1 aromatic carbocycles. The number of ether oxygens (including phenoxy) is 1. The van der Waals surface area contributed by atoms with E-state index in [0.717, 1.165) is 5.92 Å². The highest BCUT2D eigenvalue weighted by molar-refractivity contribution is 5.89. The van der Waals surface area contributed by atoms with Gasteiger partial charge >= 0.3 is 5.97 Å². The Labute approximate surface area is 121 Å². The van der Waals surface area contributed by atoms with E-state index in [1.807, 2.05) is 0 Å². The van der Waals surface area contributed by atoms with Crippen molar-refractivity contribution in [1.29, 1.82) is 0 Å². The number of hydrogen-bond donors (Lipinski definition) is 1. The van der Waals surface area contributed by atoms with Gasteiger partial charge in [0.05, 0.1) is 12.2 Å². The van der Waals surface area contributed by atoms with Crippen molar-refractivity contribution in [2.75, 3.05) is 6.61 Å². The fourth-order valence-electron chi connectivity index (χ4n) is 2.88. The van der Waals surface area contributed by atoms with Crippen molar-refractivity contribution in [3.63, 3.8) is 0 Å². The van der Waals surface area contributed by atoms with E-state index in [-0.39, 0.29) is 11.7 Å². The Morgan fingerprint density at radius 3 is 2.45 bits per heavy atom. The van der Waals surface area contributed by atoms with Crippen molar-refractivity contribution in [3.8, 4) is 5.75 Å². The van der Waals surface area contributed by atoms with E-state index in [1.165, 1.54) is 37.8 Å². The molecule has 2 rings (SSSR count). The van der Waals surface area contributed by atoms with Crippen molar-refractivity contribution < 1.29 is 14.6 Å². The minimum Gasteiger partial charge on any atom is -0.508 e. The summed E-state index contributed by atoms with van der Waals surface area (Å²) in [5, 5.41) is 9.20. The van der Waals surface area contributed by atoms with Crippen molar-refractivity contribution in [3.05, 3.63) is 29.8 Å². The van der Waals surface area contributed by atoms with E-state index in [4.69, 9.17) is 4.74 Å². The van der Waals surface area contributed by atoms with E-state index in [2.05, 4.69) is 13.8 Å². The van der Waals surface area contributed by atoms with Gasteiger partial charge in [0.15, 0.2) is 0 Å². The van der Waals surface area contributed by atoms with Gasteiger partial charge in [-0.3, -0.25) is 0 Å². The zero-order valence-corrected chi connectivity index (χ0v) is 12.3. The molecule has 1 unspecified atom stereocenters. The molecule has 0 saturated heterocycles. The van der Waals surface area contributed by atoms with Crippen LogP contribution in [0.1, 0.15) is 49.9 Å². The van der Waals surface area contributed by atoms with E-state index in [1.54, 1.807) is 12.1 Å². The van der Waals surface area contributed by atoms with Gasteiger partial charge in [0.1, 0.15) is 5.75 Å². The van der Waals surface area contributed by atoms with E-state index >= 15 is 0 Å². The summed E-state index contributed by atoms with van der Waals surface area (Å²) in [5.74, 6) is 1.80. The molecule has 1 aliphatic rings. The highest BCUT2D eigenvalue weighted by atomic mass is 16.5. The Bertz CT molecular complexity index is 430. The summed E-state index contributed by atoms with van der Waals surface area (Å²) in [7, 11) is 0. The second-order valence-corrected chi connectivity index (χ2v) is 6.14. The van der Waals surface area contributed by atoms with Crippen LogP contribution in [0.5, 0.6) is 5.75 Å². The summed E-state index contributed by atoms with van der Waals surface area (Å²) >= 11 is 0. The number of phenols is 1. The van der Waals surface area contributed by atoms with Crippen LogP contribution in [0.4, 0.5) is 0 Å². The van der Waals surface area contributed by atoms with Gasteiger partial charge in [0, 0.05) is 0 Å². The molecule has 0 radical (unpaired) electrons. The summed E-state index contributed by atoms with van der Waals surface area (Å²) in [6.45, 7) is 4.97. The van der Waals surface area contributed by atoms with E-state index in [0.29, 0.717) is 24.0 Å². The van der Waals surface area contributed by atoms with Crippen LogP contribution in [0.2, 0.25) is 0 Å². The third kappa shape index (κ3) is 3.99. The lowest BCUT2D eigenvalue weighted by molar-refractivity contribution is 0.0377. The van der Waals surface area contributed by atoms with Crippen LogP contribution in [-0.4, -0.2) is 17.7 Å². The molecule has 1 atom stereocenters. The first-order valence-corrected chi connectivity index (χ1v) is 7.52. The van der Waals surface area contributed by atoms with Crippen LogP contribution >= 0.6 is 0 Å². The first kappa shape index (κ1) is 14.9. The molecule has 0 bridgehead atoms. The van der Waals surface area contributed by atoms with Crippen LogP contribution in [0.3, 0.4) is 0 Å². The third-order valence-corrected chi connectivity index (χ3v) is 4.45. The number of aromatic hydroxyl groups is 1. The summed E-state index contributed by atoms with van der Waals surface area (Å²) in [6.07, 6.45) is 5.08. The Kier molecular flexibility index (Phi) is 5.05. The highest BCUT2D eigenvalue weighted by Gasteiger charge is 2.24. The SMILES string of the molecule is CC1CCC(C(C)COC(=O)c2ccc(O)cc2)CC1. The van der Waals surface area contributed by atoms with Gasteiger partial charge in [-0.15, -0.1) is 0 Å². The molecule has 1 aliphatic carbocycles. The molecular weight excluding hydrogens is 252 g/mol. The largest absolute Gasteiger partial charge is 0.508 e. The van der Waals surface area contributed by atoms with Gasteiger partial charge in [-0.1, -0.05) is 26.7 Å². The molecule has 0 amide bonds. The van der Waals surface area contributed by atoms with E-state index in [9.17, 15) is 9.90 Å². The monoisotopic (exact) mass is 276 g/mol. The molecule has 0 spiro atoms. The molecule has 1 N–H and O–H groups in total. The minimum atomic E-state index is -0.305.